The Kier molecular flexibility index (Phi) is 5.85. The fourth-order valence-electron chi connectivity index (χ4n) is 2.95. The Labute approximate surface area is 157 Å². The van der Waals surface area contributed by atoms with Gasteiger partial charge in [0, 0.05) is 17.5 Å². The van der Waals surface area contributed by atoms with Crippen LogP contribution in [-0.2, 0) is 17.9 Å². The van der Waals surface area contributed by atoms with Crippen LogP contribution in [0.15, 0.2) is 24.3 Å². The summed E-state index contributed by atoms with van der Waals surface area (Å²) in [6, 6.07) is 7.54. The van der Waals surface area contributed by atoms with Crippen LogP contribution in [0.5, 0.6) is 0 Å². The average Bonchev–Trinajstić information content (AvgIpc) is 2.61. The molecule has 1 saturated heterocycles. The first-order valence-electron chi connectivity index (χ1n) is 8.50. The molecule has 0 unspecified atom stereocenters. The number of hydrogen-bond donors (Lipinski definition) is 3. The van der Waals surface area contributed by atoms with Crippen LogP contribution in [0.3, 0.4) is 0 Å². The molecule has 5 N–H and O–H groups in total. The first kappa shape index (κ1) is 18.3. The third-order valence-electron chi connectivity index (χ3n) is 4.42. The highest BCUT2D eigenvalue weighted by molar-refractivity contribution is 6.30. The number of hydrogen-bond acceptors (Lipinski definition) is 7. The minimum atomic E-state index is -0.220. The summed E-state index contributed by atoms with van der Waals surface area (Å²) in [4.78, 5) is 26.2. The van der Waals surface area contributed by atoms with E-state index in [-0.39, 0.29) is 17.8 Å². The van der Waals surface area contributed by atoms with E-state index < -0.39 is 0 Å². The molecule has 9 heteroatoms. The SMILES string of the molecule is NC(=O)C1CCN(Cc2nc(N)nc(NCc3ccc(Cl)cc3)n2)CC1. The zero-order valence-electron chi connectivity index (χ0n) is 14.4. The van der Waals surface area contributed by atoms with E-state index in [9.17, 15) is 4.79 Å². The predicted molar refractivity (Wildman–Crippen MR) is 100 cm³/mol. The smallest absolute Gasteiger partial charge is 0.228 e. The van der Waals surface area contributed by atoms with Gasteiger partial charge in [0.15, 0.2) is 0 Å². The molecule has 0 radical (unpaired) electrons. The minimum Gasteiger partial charge on any atom is -0.369 e. The van der Waals surface area contributed by atoms with Crippen molar-refractivity contribution in [2.24, 2.45) is 11.7 Å². The quantitative estimate of drug-likeness (QED) is 0.697. The van der Waals surface area contributed by atoms with Gasteiger partial charge in [0.05, 0.1) is 6.54 Å². The van der Waals surface area contributed by atoms with Crippen LogP contribution < -0.4 is 16.8 Å². The number of amides is 1. The molecule has 8 nitrogen and oxygen atoms in total. The molecular formula is C17H22ClN7O. The van der Waals surface area contributed by atoms with Crippen molar-refractivity contribution in [2.75, 3.05) is 24.1 Å². The molecule has 2 heterocycles. The molecule has 1 aliphatic rings. The zero-order valence-corrected chi connectivity index (χ0v) is 15.1. The maximum Gasteiger partial charge on any atom is 0.228 e. The van der Waals surface area contributed by atoms with E-state index >= 15 is 0 Å². The van der Waals surface area contributed by atoms with Gasteiger partial charge in [0.1, 0.15) is 5.82 Å². The van der Waals surface area contributed by atoms with Crippen molar-refractivity contribution in [3.8, 4) is 0 Å². The van der Waals surface area contributed by atoms with Crippen molar-refractivity contribution >= 4 is 29.4 Å². The number of likely N-dealkylation sites (tertiary alicyclic amines) is 1. The second kappa shape index (κ2) is 8.29. The van der Waals surface area contributed by atoms with Crippen LogP contribution in [0.1, 0.15) is 24.2 Å². The molecular weight excluding hydrogens is 354 g/mol. The van der Waals surface area contributed by atoms with Crippen molar-refractivity contribution in [3.05, 3.63) is 40.7 Å². The molecule has 2 aromatic rings. The molecule has 3 rings (SSSR count). The van der Waals surface area contributed by atoms with Gasteiger partial charge in [-0.1, -0.05) is 23.7 Å². The number of nitrogens with one attached hydrogen (secondary N) is 1. The first-order valence-corrected chi connectivity index (χ1v) is 8.88. The summed E-state index contributed by atoms with van der Waals surface area (Å²) in [5, 5.41) is 3.85. The third kappa shape index (κ3) is 5.03. The highest BCUT2D eigenvalue weighted by Gasteiger charge is 2.23. The molecule has 26 heavy (non-hydrogen) atoms. The summed E-state index contributed by atoms with van der Waals surface area (Å²) < 4.78 is 0. The summed E-state index contributed by atoms with van der Waals surface area (Å²) in [6.07, 6.45) is 1.52. The number of primary amides is 1. The Morgan fingerprint density at radius 1 is 1.19 bits per heavy atom. The van der Waals surface area contributed by atoms with Gasteiger partial charge >= 0.3 is 0 Å². The van der Waals surface area contributed by atoms with Crippen molar-refractivity contribution in [1.29, 1.82) is 0 Å². The van der Waals surface area contributed by atoms with Gasteiger partial charge in [-0.3, -0.25) is 9.69 Å². The van der Waals surface area contributed by atoms with E-state index in [4.69, 9.17) is 23.1 Å². The van der Waals surface area contributed by atoms with Gasteiger partial charge in [0.2, 0.25) is 17.8 Å². The number of halogens is 1. The summed E-state index contributed by atoms with van der Waals surface area (Å²) in [6.45, 7) is 2.69. The van der Waals surface area contributed by atoms with Gasteiger partial charge < -0.3 is 16.8 Å². The van der Waals surface area contributed by atoms with Gasteiger partial charge in [0.25, 0.3) is 0 Å². The van der Waals surface area contributed by atoms with Gasteiger partial charge in [-0.15, -0.1) is 0 Å². The van der Waals surface area contributed by atoms with Gasteiger partial charge in [-0.05, 0) is 43.6 Å². The molecule has 0 spiro atoms. The summed E-state index contributed by atoms with van der Waals surface area (Å²) in [5.41, 5.74) is 12.2. The number of carbonyl (C=O) groups is 1. The van der Waals surface area contributed by atoms with E-state index in [1.165, 1.54) is 0 Å². The van der Waals surface area contributed by atoms with Gasteiger partial charge in [-0.2, -0.15) is 15.0 Å². The number of aromatic nitrogens is 3. The van der Waals surface area contributed by atoms with E-state index in [0.717, 1.165) is 31.5 Å². The molecule has 1 aromatic carbocycles. The number of rotatable bonds is 6. The zero-order chi connectivity index (χ0) is 18.5. The Morgan fingerprint density at radius 2 is 1.88 bits per heavy atom. The lowest BCUT2D eigenvalue weighted by molar-refractivity contribution is -0.123. The molecule has 1 aliphatic heterocycles. The molecule has 0 aliphatic carbocycles. The van der Waals surface area contributed by atoms with E-state index in [1.807, 2.05) is 24.3 Å². The normalized spacial score (nSPS) is 15.7. The molecule has 1 fully saturated rings. The maximum atomic E-state index is 11.3. The lowest BCUT2D eigenvalue weighted by Crippen LogP contribution is -2.38. The summed E-state index contributed by atoms with van der Waals surface area (Å²) in [7, 11) is 0. The standard InChI is InChI=1S/C17H22ClN7O/c18-13-3-1-11(2-4-13)9-21-17-23-14(22-16(20)24-17)10-25-7-5-12(6-8-25)15(19)26/h1-4,12H,5-10H2,(H2,19,26)(H3,20,21,22,23,24). The Bertz CT molecular complexity index is 760. The average molecular weight is 376 g/mol. The molecule has 0 saturated carbocycles. The lowest BCUT2D eigenvalue weighted by Gasteiger charge is -2.29. The van der Waals surface area contributed by atoms with Crippen LogP contribution in [-0.4, -0.2) is 38.8 Å². The number of anilines is 2. The van der Waals surface area contributed by atoms with Crippen LogP contribution in [0.25, 0.3) is 0 Å². The van der Waals surface area contributed by atoms with Crippen molar-refractivity contribution < 1.29 is 4.79 Å². The second-order valence-corrected chi connectivity index (χ2v) is 6.80. The third-order valence-corrected chi connectivity index (χ3v) is 4.67. The number of piperidine rings is 1. The molecule has 0 atom stereocenters. The number of nitrogens with zero attached hydrogens (tertiary/aromatic N) is 4. The fraction of sp³-hybridized carbons (Fsp3) is 0.412. The minimum absolute atomic E-state index is 0.0359. The number of carbonyl (C=O) groups excluding carboxylic acids is 1. The highest BCUT2D eigenvalue weighted by Crippen LogP contribution is 2.18. The van der Waals surface area contributed by atoms with Crippen LogP contribution in [0.2, 0.25) is 5.02 Å². The topological polar surface area (TPSA) is 123 Å². The fourth-order valence-corrected chi connectivity index (χ4v) is 3.07. The van der Waals surface area contributed by atoms with Crippen LogP contribution in [0.4, 0.5) is 11.9 Å². The van der Waals surface area contributed by atoms with Crippen LogP contribution >= 0.6 is 11.6 Å². The largest absolute Gasteiger partial charge is 0.369 e. The monoisotopic (exact) mass is 375 g/mol. The number of nitrogens with two attached hydrogens (primary N) is 2. The Morgan fingerprint density at radius 3 is 2.54 bits per heavy atom. The highest BCUT2D eigenvalue weighted by atomic mass is 35.5. The van der Waals surface area contributed by atoms with E-state index in [0.29, 0.717) is 29.9 Å². The summed E-state index contributed by atoms with van der Waals surface area (Å²) >= 11 is 5.89. The van der Waals surface area contributed by atoms with E-state index in [1.54, 1.807) is 0 Å². The van der Waals surface area contributed by atoms with Crippen LogP contribution in [0, 0.1) is 5.92 Å². The molecule has 1 aromatic heterocycles. The maximum absolute atomic E-state index is 11.3. The summed E-state index contributed by atoms with van der Waals surface area (Å²) in [5.74, 6) is 0.970. The van der Waals surface area contributed by atoms with Crippen molar-refractivity contribution in [1.82, 2.24) is 19.9 Å². The molecule has 138 valence electrons. The first-order chi connectivity index (χ1) is 12.5. The number of nitrogen functional groups attached to an aromatic ring is 1. The lowest BCUT2D eigenvalue weighted by atomic mass is 9.96. The predicted octanol–water partition coefficient (Wildman–Crippen LogP) is 1.42. The van der Waals surface area contributed by atoms with Crippen molar-refractivity contribution in [3.63, 3.8) is 0 Å². The Balaban J connectivity index is 1.59. The molecule has 0 bridgehead atoms. The number of benzene rings is 1. The molecule has 1 amide bonds. The van der Waals surface area contributed by atoms with Gasteiger partial charge in [-0.25, -0.2) is 0 Å². The Hall–Kier alpha value is -2.45. The van der Waals surface area contributed by atoms with Crippen molar-refractivity contribution in [2.45, 2.75) is 25.9 Å². The van der Waals surface area contributed by atoms with E-state index in [2.05, 4.69) is 25.2 Å². The second-order valence-electron chi connectivity index (χ2n) is 6.37.